The SMILES string of the molecule is CC1CC(O)CCN1C(=O)CC#N. The van der Waals surface area contributed by atoms with Gasteiger partial charge in [-0.3, -0.25) is 4.79 Å². The van der Waals surface area contributed by atoms with Gasteiger partial charge in [-0.05, 0) is 19.8 Å². The molecule has 1 N–H and O–H groups in total. The first-order chi connectivity index (χ1) is 6.15. The number of hydrogen-bond donors (Lipinski definition) is 1. The molecule has 72 valence electrons. The van der Waals surface area contributed by atoms with Gasteiger partial charge in [0.15, 0.2) is 0 Å². The predicted octanol–water partition coefficient (Wildman–Crippen LogP) is 0.272. The number of rotatable bonds is 1. The maximum atomic E-state index is 11.3. The molecule has 1 aliphatic rings. The summed E-state index contributed by atoms with van der Waals surface area (Å²) >= 11 is 0. The quantitative estimate of drug-likeness (QED) is 0.633. The monoisotopic (exact) mass is 182 g/mol. The van der Waals surface area contributed by atoms with Crippen molar-refractivity contribution in [3.8, 4) is 6.07 Å². The van der Waals surface area contributed by atoms with E-state index >= 15 is 0 Å². The minimum Gasteiger partial charge on any atom is -0.393 e. The number of aliphatic hydroxyl groups is 1. The zero-order valence-electron chi connectivity index (χ0n) is 7.73. The first-order valence-corrected chi connectivity index (χ1v) is 4.49. The van der Waals surface area contributed by atoms with Crippen LogP contribution >= 0.6 is 0 Å². The summed E-state index contributed by atoms with van der Waals surface area (Å²) in [5.41, 5.74) is 0. The minimum atomic E-state index is -0.291. The molecule has 0 aromatic rings. The van der Waals surface area contributed by atoms with Crippen molar-refractivity contribution in [1.29, 1.82) is 5.26 Å². The molecule has 1 amide bonds. The van der Waals surface area contributed by atoms with Crippen molar-refractivity contribution in [1.82, 2.24) is 4.90 Å². The average molecular weight is 182 g/mol. The van der Waals surface area contributed by atoms with Crippen LogP contribution in [-0.2, 0) is 4.79 Å². The number of carbonyl (C=O) groups excluding carboxylic acids is 1. The van der Waals surface area contributed by atoms with Crippen molar-refractivity contribution in [3.63, 3.8) is 0 Å². The number of carbonyl (C=O) groups is 1. The van der Waals surface area contributed by atoms with Gasteiger partial charge in [0, 0.05) is 12.6 Å². The topological polar surface area (TPSA) is 64.3 Å². The van der Waals surface area contributed by atoms with Gasteiger partial charge >= 0.3 is 0 Å². The highest BCUT2D eigenvalue weighted by Crippen LogP contribution is 2.17. The molecule has 4 nitrogen and oxygen atoms in total. The molecule has 1 aliphatic heterocycles. The first-order valence-electron chi connectivity index (χ1n) is 4.49. The molecule has 1 rings (SSSR count). The Kier molecular flexibility index (Phi) is 3.26. The Bertz CT molecular complexity index is 234. The van der Waals surface area contributed by atoms with Crippen LogP contribution in [0.3, 0.4) is 0 Å². The van der Waals surface area contributed by atoms with Crippen LogP contribution in [0.15, 0.2) is 0 Å². The van der Waals surface area contributed by atoms with Gasteiger partial charge in [0.05, 0.1) is 12.2 Å². The lowest BCUT2D eigenvalue weighted by Gasteiger charge is -2.35. The van der Waals surface area contributed by atoms with E-state index < -0.39 is 0 Å². The van der Waals surface area contributed by atoms with E-state index in [4.69, 9.17) is 5.26 Å². The number of piperidine rings is 1. The molecule has 0 bridgehead atoms. The van der Waals surface area contributed by atoms with Gasteiger partial charge < -0.3 is 10.0 Å². The molecule has 1 fully saturated rings. The highest BCUT2D eigenvalue weighted by Gasteiger charge is 2.26. The fraction of sp³-hybridized carbons (Fsp3) is 0.778. The lowest BCUT2D eigenvalue weighted by atomic mass is 10.0. The molecule has 0 aliphatic carbocycles. The second kappa shape index (κ2) is 4.24. The van der Waals surface area contributed by atoms with Crippen molar-refractivity contribution in [3.05, 3.63) is 0 Å². The summed E-state index contributed by atoms with van der Waals surface area (Å²) in [6, 6.07) is 1.90. The zero-order chi connectivity index (χ0) is 9.84. The number of nitrogens with zero attached hydrogens (tertiary/aromatic N) is 2. The summed E-state index contributed by atoms with van der Waals surface area (Å²) in [7, 11) is 0. The van der Waals surface area contributed by atoms with Crippen molar-refractivity contribution < 1.29 is 9.90 Å². The Labute approximate surface area is 77.8 Å². The minimum absolute atomic E-state index is 0.0551. The molecule has 1 heterocycles. The molecule has 0 spiro atoms. The van der Waals surface area contributed by atoms with E-state index in [1.54, 1.807) is 4.90 Å². The molecule has 4 heteroatoms. The van der Waals surface area contributed by atoms with Crippen LogP contribution < -0.4 is 0 Å². The van der Waals surface area contributed by atoms with E-state index in [1.165, 1.54) is 0 Å². The molecular formula is C9H14N2O2. The molecule has 2 atom stereocenters. The van der Waals surface area contributed by atoms with Gasteiger partial charge in [-0.2, -0.15) is 5.26 Å². The van der Waals surface area contributed by atoms with Crippen LogP contribution in [-0.4, -0.2) is 34.6 Å². The molecule has 13 heavy (non-hydrogen) atoms. The van der Waals surface area contributed by atoms with E-state index in [-0.39, 0.29) is 24.5 Å². The van der Waals surface area contributed by atoms with Crippen LogP contribution in [0.5, 0.6) is 0 Å². The van der Waals surface area contributed by atoms with Gasteiger partial charge in [0.1, 0.15) is 6.42 Å². The molecular weight excluding hydrogens is 168 g/mol. The molecule has 0 aromatic heterocycles. The van der Waals surface area contributed by atoms with Gasteiger partial charge in [-0.15, -0.1) is 0 Å². The van der Waals surface area contributed by atoms with Crippen LogP contribution in [0.2, 0.25) is 0 Å². The summed E-state index contributed by atoms with van der Waals surface area (Å²) in [5, 5.41) is 17.7. The van der Waals surface area contributed by atoms with Crippen molar-refractivity contribution >= 4 is 5.91 Å². The summed E-state index contributed by atoms with van der Waals surface area (Å²) < 4.78 is 0. The number of hydrogen-bond acceptors (Lipinski definition) is 3. The predicted molar refractivity (Wildman–Crippen MR) is 46.6 cm³/mol. The molecule has 0 aromatic carbocycles. The van der Waals surface area contributed by atoms with Crippen LogP contribution in [0, 0.1) is 11.3 Å². The number of likely N-dealkylation sites (tertiary alicyclic amines) is 1. The number of amides is 1. The lowest BCUT2D eigenvalue weighted by molar-refractivity contribution is -0.134. The van der Waals surface area contributed by atoms with Crippen LogP contribution in [0.25, 0.3) is 0 Å². The highest BCUT2D eigenvalue weighted by molar-refractivity contribution is 5.78. The summed E-state index contributed by atoms with van der Waals surface area (Å²) in [6.07, 6.45) is 0.903. The van der Waals surface area contributed by atoms with E-state index in [1.807, 2.05) is 13.0 Å². The van der Waals surface area contributed by atoms with Gasteiger partial charge in [-0.1, -0.05) is 0 Å². The average Bonchev–Trinajstić information content (AvgIpc) is 2.04. The number of aliphatic hydroxyl groups excluding tert-OH is 1. The van der Waals surface area contributed by atoms with Crippen molar-refractivity contribution in [2.24, 2.45) is 0 Å². The van der Waals surface area contributed by atoms with E-state index in [2.05, 4.69) is 0 Å². The van der Waals surface area contributed by atoms with Crippen LogP contribution in [0.1, 0.15) is 26.2 Å². The second-order valence-corrected chi connectivity index (χ2v) is 3.45. The Morgan fingerprint density at radius 1 is 1.77 bits per heavy atom. The van der Waals surface area contributed by atoms with Crippen molar-refractivity contribution in [2.75, 3.05) is 6.54 Å². The maximum absolute atomic E-state index is 11.3. The largest absolute Gasteiger partial charge is 0.393 e. The Morgan fingerprint density at radius 3 is 3.00 bits per heavy atom. The normalized spacial score (nSPS) is 28.2. The third kappa shape index (κ3) is 2.43. The number of nitriles is 1. The smallest absolute Gasteiger partial charge is 0.237 e. The Balaban J connectivity index is 2.51. The van der Waals surface area contributed by atoms with Gasteiger partial charge in [0.25, 0.3) is 0 Å². The third-order valence-corrected chi connectivity index (χ3v) is 2.40. The van der Waals surface area contributed by atoms with E-state index in [0.29, 0.717) is 19.4 Å². The fourth-order valence-electron chi connectivity index (χ4n) is 1.69. The fourth-order valence-corrected chi connectivity index (χ4v) is 1.69. The van der Waals surface area contributed by atoms with Crippen LogP contribution in [0.4, 0.5) is 0 Å². The standard InChI is InChI=1S/C9H14N2O2/c1-7-6-8(12)3-5-11(7)9(13)2-4-10/h7-8,12H,2-3,5-6H2,1H3. The molecule has 1 saturated heterocycles. The van der Waals surface area contributed by atoms with E-state index in [9.17, 15) is 9.90 Å². The molecule has 0 saturated carbocycles. The Morgan fingerprint density at radius 2 is 2.46 bits per heavy atom. The third-order valence-electron chi connectivity index (χ3n) is 2.40. The second-order valence-electron chi connectivity index (χ2n) is 3.45. The Hall–Kier alpha value is -1.08. The first kappa shape index (κ1) is 10.0. The summed E-state index contributed by atoms with van der Waals surface area (Å²) in [6.45, 7) is 2.47. The summed E-state index contributed by atoms with van der Waals surface area (Å²) in [4.78, 5) is 13.0. The molecule has 0 radical (unpaired) electrons. The maximum Gasteiger partial charge on any atom is 0.237 e. The zero-order valence-corrected chi connectivity index (χ0v) is 7.73. The van der Waals surface area contributed by atoms with Gasteiger partial charge in [-0.25, -0.2) is 0 Å². The van der Waals surface area contributed by atoms with Crippen molar-refractivity contribution in [2.45, 2.75) is 38.3 Å². The van der Waals surface area contributed by atoms with Gasteiger partial charge in [0.2, 0.25) is 5.91 Å². The van der Waals surface area contributed by atoms with E-state index in [0.717, 1.165) is 0 Å². The highest BCUT2D eigenvalue weighted by atomic mass is 16.3. The molecule has 2 unspecified atom stereocenters. The summed E-state index contributed by atoms with van der Waals surface area (Å²) in [5.74, 6) is -0.123. The lowest BCUT2D eigenvalue weighted by Crippen LogP contribution is -2.45.